The number of hydrogen-bond donors (Lipinski definition) is 1. The topological polar surface area (TPSA) is 77.5 Å². The quantitative estimate of drug-likeness (QED) is 0.459. The molecule has 0 spiro atoms. The van der Waals surface area contributed by atoms with Gasteiger partial charge in [0.2, 0.25) is 0 Å². The monoisotopic (exact) mass is 432 g/mol. The van der Waals surface area contributed by atoms with Crippen LogP contribution in [0, 0.1) is 27.7 Å². The Bertz CT molecular complexity index is 1260. The highest BCUT2D eigenvalue weighted by atomic mass is 16.5. The number of pyridine rings is 1. The van der Waals surface area contributed by atoms with Gasteiger partial charge < -0.3 is 14.8 Å². The summed E-state index contributed by atoms with van der Waals surface area (Å²) in [5.74, 6) is 1.21. The van der Waals surface area contributed by atoms with E-state index in [0.29, 0.717) is 30.2 Å². The summed E-state index contributed by atoms with van der Waals surface area (Å²) in [6, 6.07) is 9.74. The van der Waals surface area contributed by atoms with Gasteiger partial charge in [0.15, 0.2) is 5.60 Å². The smallest absolute Gasteiger partial charge is 0.308 e. The van der Waals surface area contributed by atoms with Gasteiger partial charge in [-0.25, -0.2) is 4.98 Å². The first kappa shape index (κ1) is 21.8. The third kappa shape index (κ3) is 3.70. The van der Waals surface area contributed by atoms with Gasteiger partial charge in [-0.3, -0.25) is 9.59 Å². The summed E-state index contributed by atoms with van der Waals surface area (Å²) in [5.41, 5.74) is 4.42. The van der Waals surface area contributed by atoms with Gasteiger partial charge in [0, 0.05) is 24.3 Å². The Kier molecular flexibility index (Phi) is 5.41. The minimum absolute atomic E-state index is 0.232. The number of hydrogen-bond acceptors (Lipinski definition) is 5. The molecule has 6 nitrogen and oxygen atoms in total. The van der Waals surface area contributed by atoms with Crippen LogP contribution in [0.5, 0.6) is 11.5 Å². The van der Waals surface area contributed by atoms with E-state index in [1.807, 2.05) is 65.0 Å². The molecule has 1 atom stereocenters. The number of esters is 1. The van der Waals surface area contributed by atoms with Gasteiger partial charge in [-0.2, -0.15) is 0 Å². The molecule has 2 heterocycles. The molecular weight excluding hydrogens is 404 g/mol. The van der Waals surface area contributed by atoms with Gasteiger partial charge in [-0.05, 0) is 75.4 Å². The summed E-state index contributed by atoms with van der Waals surface area (Å²) in [7, 11) is 0. The van der Waals surface area contributed by atoms with E-state index in [1.54, 1.807) is 0 Å². The molecule has 0 bridgehead atoms. The predicted molar refractivity (Wildman–Crippen MR) is 124 cm³/mol. The van der Waals surface area contributed by atoms with Crippen LogP contribution in [0.1, 0.15) is 48.1 Å². The van der Waals surface area contributed by atoms with Crippen molar-refractivity contribution in [1.29, 1.82) is 0 Å². The van der Waals surface area contributed by atoms with Crippen LogP contribution >= 0.6 is 0 Å². The predicted octanol–water partition coefficient (Wildman–Crippen LogP) is 5.12. The number of aryl methyl sites for hydroxylation is 1. The largest absolute Gasteiger partial charge is 0.477 e. The van der Waals surface area contributed by atoms with Crippen molar-refractivity contribution < 1.29 is 19.1 Å². The van der Waals surface area contributed by atoms with Crippen molar-refractivity contribution in [2.75, 3.05) is 5.32 Å². The fourth-order valence-electron chi connectivity index (χ4n) is 4.35. The number of rotatable bonds is 3. The minimum atomic E-state index is -1.04. The van der Waals surface area contributed by atoms with Crippen LogP contribution in [0.2, 0.25) is 0 Å². The molecule has 0 saturated carbocycles. The van der Waals surface area contributed by atoms with E-state index < -0.39 is 5.60 Å². The average Bonchev–Trinajstić information content (AvgIpc) is 2.75. The lowest BCUT2D eigenvalue weighted by molar-refractivity contribution is -0.132. The third-order valence-corrected chi connectivity index (χ3v) is 6.38. The molecule has 1 amide bonds. The molecule has 1 unspecified atom stereocenters. The zero-order valence-corrected chi connectivity index (χ0v) is 19.4. The van der Waals surface area contributed by atoms with Crippen molar-refractivity contribution in [3.63, 3.8) is 0 Å². The van der Waals surface area contributed by atoms with Crippen LogP contribution in [0.25, 0.3) is 10.9 Å². The normalized spacial score (nSPS) is 17.4. The van der Waals surface area contributed by atoms with Crippen LogP contribution in [-0.2, 0) is 16.0 Å². The molecule has 3 aromatic rings. The van der Waals surface area contributed by atoms with Gasteiger partial charge in [0.1, 0.15) is 17.3 Å². The van der Waals surface area contributed by atoms with E-state index in [1.165, 1.54) is 6.92 Å². The van der Waals surface area contributed by atoms with E-state index in [4.69, 9.17) is 9.47 Å². The molecule has 32 heavy (non-hydrogen) atoms. The van der Waals surface area contributed by atoms with Crippen LogP contribution in [-0.4, -0.2) is 22.5 Å². The molecular formula is C26H28N2O4. The molecule has 2 aromatic carbocycles. The van der Waals surface area contributed by atoms with Crippen molar-refractivity contribution in [2.24, 2.45) is 0 Å². The number of carbonyl (C=O) groups excluding carboxylic acids is 2. The van der Waals surface area contributed by atoms with Gasteiger partial charge >= 0.3 is 5.97 Å². The molecule has 4 rings (SSSR count). The zero-order valence-electron chi connectivity index (χ0n) is 19.4. The molecule has 1 aliphatic rings. The maximum absolute atomic E-state index is 13.3. The number of ether oxygens (including phenoxy) is 2. The van der Waals surface area contributed by atoms with E-state index in [9.17, 15) is 9.59 Å². The average molecular weight is 433 g/mol. The molecule has 1 aromatic heterocycles. The summed E-state index contributed by atoms with van der Waals surface area (Å²) in [5, 5.41) is 4.02. The number of nitrogens with one attached hydrogen (secondary N) is 1. The van der Waals surface area contributed by atoms with Crippen molar-refractivity contribution in [2.45, 2.75) is 60.0 Å². The van der Waals surface area contributed by atoms with Gasteiger partial charge in [-0.1, -0.05) is 18.2 Å². The molecule has 6 heteroatoms. The van der Waals surface area contributed by atoms with Crippen molar-refractivity contribution >= 4 is 28.6 Å². The van der Waals surface area contributed by atoms with E-state index >= 15 is 0 Å². The Morgan fingerprint density at radius 3 is 2.53 bits per heavy atom. The second-order valence-corrected chi connectivity index (χ2v) is 8.73. The molecule has 0 fully saturated rings. The number of aromatic nitrogens is 1. The summed E-state index contributed by atoms with van der Waals surface area (Å²) < 4.78 is 11.8. The molecule has 1 N–H and O–H groups in total. The highest BCUT2D eigenvalue weighted by Crippen LogP contribution is 2.44. The molecule has 1 aliphatic heterocycles. The van der Waals surface area contributed by atoms with E-state index in [-0.39, 0.29) is 11.9 Å². The van der Waals surface area contributed by atoms with Gasteiger partial charge in [0.05, 0.1) is 5.52 Å². The third-order valence-electron chi connectivity index (χ3n) is 6.38. The Morgan fingerprint density at radius 1 is 1.09 bits per heavy atom. The second kappa shape index (κ2) is 7.93. The number of carbonyl (C=O) groups is 2. The van der Waals surface area contributed by atoms with E-state index in [0.717, 1.165) is 38.7 Å². The van der Waals surface area contributed by atoms with Crippen LogP contribution in [0.4, 0.5) is 5.82 Å². The first-order chi connectivity index (χ1) is 15.1. The number of fused-ring (bicyclic) bond motifs is 2. The molecule has 0 saturated heterocycles. The zero-order chi connectivity index (χ0) is 23.2. The first-order valence-corrected chi connectivity index (χ1v) is 10.8. The van der Waals surface area contributed by atoms with Crippen LogP contribution in [0.3, 0.4) is 0 Å². The van der Waals surface area contributed by atoms with Crippen LogP contribution < -0.4 is 14.8 Å². The molecule has 0 aliphatic carbocycles. The van der Waals surface area contributed by atoms with Crippen molar-refractivity contribution in [3.05, 3.63) is 58.1 Å². The number of benzene rings is 2. The Hall–Kier alpha value is -3.41. The van der Waals surface area contributed by atoms with E-state index in [2.05, 4.69) is 10.3 Å². The SMILES string of the molecule is CC(=O)Oc1c(C)c(C)c2c(c1C)CCC(C)(C(=O)Nc1cc(C)c3ccccc3n1)O2. The van der Waals surface area contributed by atoms with Gasteiger partial charge in [-0.15, -0.1) is 0 Å². The number of nitrogens with zero attached hydrogens (tertiary/aromatic N) is 1. The molecule has 0 radical (unpaired) electrons. The summed E-state index contributed by atoms with van der Waals surface area (Å²) in [6.07, 6.45) is 1.14. The fourth-order valence-corrected chi connectivity index (χ4v) is 4.35. The highest BCUT2D eigenvalue weighted by Gasteiger charge is 2.41. The Labute approximate surface area is 187 Å². The highest BCUT2D eigenvalue weighted by molar-refractivity contribution is 5.98. The lowest BCUT2D eigenvalue weighted by Crippen LogP contribution is -2.48. The fraction of sp³-hybridized carbons (Fsp3) is 0.346. The lowest BCUT2D eigenvalue weighted by Gasteiger charge is -2.36. The maximum Gasteiger partial charge on any atom is 0.308 e. The standard InChI is InChI=1S/C26H28N2O4/c1-14-13-22(27-21-10-8-7-9-19(14)21)28-25(30)26(6)12-11-20-17(4)23(31-18(5)29)15(2)16(3)24(20)32-26/h7-10,13H,11-12H2,1-6H3,(H,27,28,30). The minimum Gasteiger partial charge on any atom is -0.477 e. The number of amides is 1. The lowest BCUT2D eigenvalue weighted by atomic mass is 9.86. The Balaban J connectivity index is 1.64. The van der Waals surface area contributed by atoms with Crippen molar-refractivity contribution in [3.8, 4) is 11.5 Å². The maximum atomic E-state index is 13.3. The summed E-state index contributed by atoms with van der Waals surface area (Å²) in [6.45, 7) is 11.0. The van der Waals surface area contributed by atoms with Crippen LogP contribution in [0.15, 0.2) is 30.3 Å². The van der Waals surface area contributed by atoms with Gasteiger partial charge in [0.25, 0.3) is 5.91 Å². The van der Waals surface area contributed by atoms with Crippen molar-refractivity contribution in [1.82, 2.24) is 4.98 Å². The summed E-state index contributed by atoms with van der Waals surface area (Å²) in [4.78, 5) is 29.4. The second-order valence-electron chi connectivity index (χ2n) is 8.73. The number of para-hydroxylation sites is 1. The summed E-state index contributed by atoms with van der Waals surface area (Å²) >= 11 is 0. The molecule has 166 valence electrons. The first-order valence-electron chi connectivity index (χ1n) is 10.8. The Morgan fingerprint density at radius 2 is 1.81 bits per heavy atom. The number of anilines is 1.